The summed E-state index contributed by atoms with van der Waals surface area (Å²) in [6, 6.07) is 7.90. The monoisotopic (exact) mass is 570 g/mol. The van der Waals surface area contributed by atoms with Gasteiger partial charge in [-0.3, -0.25) is 9.42 Å². The van der Waals surface area contributed by atoms with Gasteiger partial charge in [0.2, 0.25) is 17.4 Å². The average molecular weight is 571 g/mol. The lowest BCUT2D eigenvalue weighted by Crippen LogP contribution is -2.37. The van der Waals surface area contributed by atoms with Gasteiger partial charge in [0.1, 0.15) is 18.1 Å². The van der Waals surface area contributed by atoms with Gasteiger partial charge < -0.3 is 28.9 Å². The summed E-state index contributed by atoms with van der Waals surface area (Å²) in [5.41, 5.74) is 8.01. The lowest BCUT2D eigenvalue weighted by atomic mass is 9.74. The Morgan fingerprint density at radius 3 is 2.77 bits per heavy atom. The number of fused-ring (bicyclic) bond motifs is 1. The van der Waals surface area contributed by atoms with Crippen molar-refractivity contribution in [2.24, 2.45) is 17.6 Å². The van der Waals surface area contributed by atoms with Gasteiger partial charge in [-0.2, -0.15) is 4.74 Å². The van der Waals surface area contributed by atoms with Crippen LogP contribution >= 0.6 is 11.3 Å². The molecule has 2 aliphatic rings. The Balaban J connectivity index is 1.40. The molecule has 12 heteroatoms. The number of nitrogens with two attached hydrogens (primary N) is 1. The average Bonchev–Trinajstić information content (AvgIpc) is 3.59. The number of methoxy groups -OCH3 is 1. The molecule has 1 aromatic carbocycles. The van der Waals surface area contributed by atoms with E-state index in [-0.39, 0.29) is 30.0 Å². The predicted octanol–water partition coefficient (Wildman–Crippen LogP) is 5.24. The van der Waals surface area contributed by atoms with Crippen LogP contribution in [0.5, 0.6) is 5.75 Å². The minimum absolute atomic E-state index is 0.0499. The minimum atomic E-state index is -0.359. The summed E-state index contributed by atoms with van der Waals surface area (Å²) in [6.07, 6.45) is 5.94. The molecule has 1 aliphatic heterocycles. The summed E-state index contributed by atoms with van der Waals surface area (Å²) in [5, 5.41) is 0. The summed E-state index contributed by atoms with van der Waals surface area (Å²) in [4.78, 5) is 19.1. The van der Waals surface area contributed by atoms with E-state index in [1.165, 1.54) is 16.2 Å². The predicted molar refractivity (Wildman–Crippen MR) is 146 cm³/mol. The Kier molecular flexibility index (Phi) is 7.72. The zero-order valence-electron chi connectivity index (χ0n) is 22.6. The van der Waals surface area contributed by atoms with Crippen LogP contribution in [0.25, 0.3) is 21.2 Å². The lowest BCUT2D eigenvalue weighted by molar-refractivity contribution is -0.128. The standard InChI is InChI=1S/C28H34N4O7S/c1-17-24-28(40-25(17)27-30-9-12-36-27)31(39-32(38-24)15-18-13-19(14-18)26(29)33)16-23(37-20-7-10-35-11-8-20)21-5-3-4-6-22(21)34-2/h3-6,9,12,18-20,23H,7-8,10-11,13-16H2,1-2H3,(H2,29,33)/t18?,19?,23-/m0/s1. The summed E-state index contributed by atoms with van der Waals surface area (Å²) in [7, 11) is 1.67. The van der Waals surface area contributed by atoms with Crippen LogP contribution in [0.1, 0.15) is 42.9 Å². The number of aromatic nitrogens is 3. The molecule has 1 atom stereocenters. The van der Waals surface area contributed by atoms with Crippen molar-refractivity contribution in [1.82, 2.24) is 14.6 Å². The summed E-state index contributed by atoms with van der Waals surface area (Å²) in [6.45, 7) is 4.20. The van der Waals surface area contributed by atoms with Gasteiger partial charge in [0.25, 0.3) is 0 Å². The molecule has 0 spiro atoms. The SMILES string of the molecule is COc1ccccc1[C@H](Cn1on(CC2CC(C(N)=O)C2)oc2c(C)c(-c3ncco3)sc21)OC1CCOCC1. The number of primary amides is 1. The molecule has 0 bridgehead atoms. The smallest absolute Gasteiger partial charge is 0.236 e. The van der Waals surface area contributed by atoms with Crippen molar-refractivity contribution in [3.05, 3.63) is 47.9 Å². The van der Waals surface area contributed by atoms with Crippen LogP contribution in [0.4, 0.5) is 0 Å². The van der Waals surface area contributed by atoms with Gasteiger partial charge in [-0.15, -0.1) is 11.3 Å². The minimum Gasteiger partial charge on any atom is -0.496 e. The first-order chi connectivity index (χ1) is 19.5. The van der Waals surface area contributed by atoms with Crippen molar-refractivity contribution in [3.8, 4) is 16.5 Å². The van der Waals surface area contributed by atoms with E-state index in [0.717, 1.165) is 39.4 Å². The molecule has 11 nitrogen and oxygen atoms in total. The molecule has 3 aromatic heterocycles. The summed E-state index contributed by atoms with van der Waals surface area (Å²) >= 11 is 1.49. The normalized spacial score (nSPS) is 20.4. The number of ether oxygens (including phenoxy) is 3. The van der Waals surface area contributed by atoms with Crippen molar-refractivity contribution >= 4 is 27.7 Å². The van der Waals surface area contributed by atoms with Crippen LogP contribution < -0.4 is 10.5 Å². The van der Waals surface area contributed by atoms with Crippen molar-refractivity contribution in [2.45, 2.75) is 57.9 Å². The molecule has 1 saturated heterocycles. The molecule has 2 fully saturated rings. The highest BCUT2D eigenvalue weighted by Gasteiger charge is 2.34. The van der Waals surface area contributed by atoms with E-state index in [9.17, 15) is 4.79 Å². The number of aryl methyl sites for hydroxylation is 1. The Morgan fingerprint density at radius 1 is 1.25 bits per heavy atom. The second-order valence-corrected chi connectivity index (χ2v) is 11.4. The molecule has 1 aliphatic carbocycles. The third-order valence-electron chi connectivity index (χ3n) is 7.70. The third-order valence-corrected chi connectivity index (χ3v) is 8.97. The fourth-order valence-corrected chi connectivity index (χ4v) is 6.54. The van der Waals surface area contributed by atoms with Crippen molar-refractivity contribution in [1.29, 1.82) is 0 Å². The Bertz CT molecular complexity index is 1480. The van der Waals surface area contributed by atoms with E-state index in [1.807, 2.05) is 35.9 Å². The van der Waals surface area contributed by atoms with Crippen LogP contribution in [0.15, 0.2) is 50.3 Å². The number of carbonyl (C=O) groups excluding carboxylic acids is 1. The fraction of sp³-hybridized carbons (Fsp3) is 0.500. The Morgan fingerprint density at radius 2 is 2.05 bits per heavy atom. The molecule has 1 amide bonds. The van der Waals surface area contributed by atoms with E-state index < -0.39 is 0 Å². The summed E-state index contributed by atoms with van der Waals surface area (Å²) in [5.74, 6) is 1.16. The van der Waals surface area contributed by atoms with Gasteiger partial charge in [0.15, 0.2) is 4.83 Å². The first-order valence-electron chi connectivity index (χ1n) is 13.6. The number of hydrogen-bond donors (Lipinski definition) is 1. The largest absolute Gasteiger partial charge is 0.496 e. The van der Waals surface area contributed by atoms with Gasteiger partial charge in [-0.05, 0) is 49.5 Å². The number of hydrogen-bond acceptors (Lipinski definition) is 9. The highest BCUT2D eigenvalue weighted by Crippen LogP contribution is 2.40. The summed E-state index contributed by atoms with van der Waals surface area (Å²) < 4.78 is 38.1. The first kappa shape index (κ1) is 26.7. The van der Waals surface area contributed by atoms with Crippen LogP contribution in [-0.2, 0) is 27.4 Å². The second-order valence-electron chi connectivity index (χ2n) is 10.4. The number of nitrogens with zero attached hydrogens (tertiary/aromatic N) is 3. The first-order valence-corrected chi connectivity index (χ1v) is 14.4. The maximum absolute atomic E-state index is 11.6. The van der Waals surface area contributed by atoms with Gasteiger partial charge >= 0.3 is 0 Å². The number of para-hydroxylation sites is 1. The number of carbonyl (C=O) groups is 1. The molecular weight excluding hydrogens is 536 g/mol. The maximum Gasteiger partial charge on any atom is 0.236 e. The highest BCUT2D eigenvalue weighted by atomic mass is 32.1. The highest BCUT2D eigenvalue weighted by molar-refractivity contribution is 7.22. The van der Waals surface area contributed by atoms with Gasteiger partial charge in [0, 0.05) is 30.3 Å². The topological polar surface area (TPSA) is 133 Å². The zero-order chi connectivity index (χ0) is 27.6. The molecule has 4 heterocycles. The van der Waals surface area contributed by atoms with E-state index in [1.54, 1.807) is 19.6 Å². The number of oxazole rings is 1. The van der Waals surface area contributed by atoms with E-state index in [2.05, 4.69) is 4.98 Å². The van der Waals surface area contributed by atoms with E-state index in [4.69, 9.17) is 33.5 Å². The Labute approximate surface area is 235 Å². The van der Waals surface area contributed by atoms with Gasteiger partial charge in [-0.1, -0.05) is 18.2 Å². The van der Waals surface area contributed by atoms with Crippen LogP contribution in [0.2, 0.25) is 0 Å². The fourth-order valence-electron chi connectivity index (χ4n) is 5.42. The molecule has 4 aromatic rings. The molecular formula is C28H34N4O7S. The van der Waals surface area contributed by atoms with Crippen molar-refractivity contribution in [2.75, 3.05) is 20.3 Å². The van der Waals surface area contributed by atoms with E-state index >= 15 is 0 Å². The molecule has 1 saturated carbocycles. The molecule has 214 valence electrons. The quantitative estimate of drug-likeness (QED) is 0.274. The van der Waals surface area contributed by atoms with Gasteiger partial charge in [0.05, 0.1) is 37.4 Å². The zero-order valence-corrected chi connectivity index (χ0v) is 23.4. The molecule has 0 unspecified atom stereocenters. The lowest BCUT2D eigenvalue weighted by Gasteiger charge is -2.32. The van der Waals surface area contributed by atoms with Crippen LogP contribution in [-0.4, -0.2) is 47.0 Å². The van der Waals surface area contributed by atoms with Crippen LogP contribution in [0, 0.1) is 18.8 Å². The molecule has 0 radical (unpaired) electrons. The molecule has 6 rings (SSSR count). The van der Waals surface area contributed by atoms with E-state index in [0.29, 0.717) is 50.6 Å². The second kappa shape index (κ2) is 11.6. The molecule has 40 heavy (non-hydrogen) atoms. The number of benzene rings is 1. The van der Waals surface area contributed by atoms with Crippen LogP contribution in [0.3, 0.4) is 0 Å². The van der Waals surface area contributed by atoms with Gasteiger partial charge in [-0.25, -0.2) is 4.98 Å². The third kappa shape index (κ3) is 5.43. The number of amides is 1. The maximum atomic E-state index is 11.6. The van der Waals surface area contributed by atoms with Crippen molar-refractivity contribution < 1.29 is 32.6 Å². The number of rotatable bonds is 10. The molecule has 2 N–H and O–H groups in total. The van der Waals surface area contributed by atoms with Crippen molar-refractivity contribution in [3.63, 3.8) is 0 Å². The Hall–Kier alpha value is -3.48. The number of thiophene rings is 1.